The van der Waals surface area contributed by atoms with Gasteiger partial charge in [-0.05, 0) is 69.4 Å². The van der Waals surface area contributed by atoms with Crippen LogP contribution in [-0.2, 0) is 22.4 Å². The molecule has 2 aromatic rings. The highest BCUT2D eigenvalue weighted by atomic mass is 16.5. The third kappa shape index (κ3) is 5.00. The number of nitrogens with zero attached hydrogens (tertiary/aromatic N) is 1. The first-order valence-electron chi connectivity index (χ1n) is 10.6. The van der Waals surface area contributed by atoms with E-state index in [0.29, 0.717) is 12.2 Å². The molecule has 0 saturated heterocycles. The van der Waals surface area contributed by atoms with Gasteiger partial charge in [0.05, 0.1) is 17.0 Å². The van der Waals surface area contributed by atoms with Crippen molar-refractivity contribution in [3.8, 4) is 0 Å². The molecule has 160 valence electrons. The maximum Gasteiger partial charge on any atom is 0.319 e. The molecule has 0 aliphatic carbocycles. The predicted octanol–water partition coefficient (Wildman–Crippen LogP) is 4.80. The normalized spacial score (nSPS) is 13.1. The number of urea groups is 1. The number of para-hydroxylation sites is 1. The number of fused-ring (bicyclic) bond motifs is 2. The minimum atomic E-state index is -0.370. The molecular weight excluding hydrogens is 378 g/mol. The minimum absolute atomic E-state index is 0.0113. The van der Waals surface area contributed by atoms with Crippen LogP contribution in [0.25, 0.3) is 0 Å². The van der Waals surface area contributed by atoms with Gasteiger partial charge in [-0.1, -0.05) is 31.2 Å². The summed E-state index contributed by atoms with van der Waals surface area (Å²) >= 11 is 0. The van der Waals surface area contributed by atoms with E-state index >= 15 is 0 Å². The molecule has 0 fully saturated rings. The van der Waals surface area contributed by atoms with Gasteiger partial charge in [0, 0.05) is 12.2 Å². The molecule has 1 aliphatic heterocycles. The molecule has 0 saturated carbocycles. The van der Waals surface area contributed by atoms with Crippen LogP contribution in [0.3, 0.4) is 0 Å². The van der Waals surface area contributed by atoms with Crippen molar-refractivity contribution in [3.63, 3.8) is 0 Å². The Morgan fingerprint density at radius 2 is 1.73 bits per heavy atom. The molecule has 0 bridgehead atoms. The van der Waals surface area contributed by atoms with Crippen LogP contribution in [0.5, 0.6) is 0 Å². The molecule has 0 spiro atoms. The lowest BCUT2D eigenvalue weighted by Gasteiger charge is -2.28. The van der Waals surface area contributed by atoms with E-state index in [-0.39, 0.29) is 24.1 Å². The molecule has 3 rings (SSSR count). The van der Waals surface area contributed by atoms with Crippen molar-refractivity contribution in [1.82, 2.24) is 5.32 Å². The van der Waals surface area contributed by atoms with Gasteiger partial charge in [0.1, 0.15) is 6.61 Å². The van der Waals surface area contributed by atoms with Gasteiger partial charge < -0.3 is 15.4 Å². The number of nitrogens with one attached hydrogen (secondary N) is 2. The van der Waals surface area contributed by atoms with Gasteiger partial charge in [-0.2, -0.15) is 0 Å². The molecule has 0 unspecified atom stereocenters. The number of carbonyl (C=O) groups is 2. The van der Waals surface area contributed by atoms with Crippen LogP contribution in [0.1, 0.15) is 45.2 Å². The lowest BCUT2D eigenvalue weighted by Crippen LogP contribution is -2.35. The van der Waals surface area contributed by atoms with E-state index in [1.165, 1.54) is 0 Å². The fourth-order valence-corrected chi connectivity index (χ4v) is 3.43. The Kier molecular flexibility index (Phi) is 6.77. The van der Waals surface area contributed by atoms with Gasteiger partial charge in [-0.3, -0.25) is 9.69 Å². The van der Waals surface area contributed by atoms with Gasteiger partial charge in [0.15, 0.2) is 0 Å². The molecule has 0 radical (unpaired) electrons. The second kappa shape index (κ2) is 9.30. The maximum absolute atomic E-state index is 13.4. The van der Waals surface area contributed by atoms with Crippen LogP contribution in [0, 0.1) is 0 Å². The number of anilines is 3. The van der Waals surface area contributed by atoms with Crippen molar-refractivity contribution in [2.45, 2.75) is 52.6 Å². The van der Waals surface area contributed by atoms with E-state index in [9.17, 15) is 9.59 Å². The summed E-state index contributed by atoms with van der Waals surface area (Å²) in [4.78, 5) is 27.1. The predicted molar refractivity (Wildman–Crippen MR) is 120 cm³/mol. The number of hydrogen-bond acceptors (Lipinski definition) is 3. The van der Waals surface area contributed by atoms with Crippen molar-refractivity contribution < 1.29 is 14.3 Å². The molecule has 1 aliphatic rings. The third-order valence-electron chi connectivity index (χ3n) is 5.50. The van der Waals surface area contributed by atoms with E-state index in [1.54, 1.807) is 4.90 Å². The van der Waals surface area contributed by atoms with E-state index in [1.807, 2.05) is 64.1 Å². The van der Waals surface area contributed by atoms with Gasteiger partial charge in [0.25, 0.3) is 5.91 Å². The molecule has 2 N–H and O–H groups in total. The minimum Gasteiger partial charge on any atom is -0.366 e. The largest absolute Gasteiger partial charge is 0.366 e. The Labute approximate surface area is 178 Å². The highest BCUT2D eigenvalue weighted by molar-refractivity contribution is 6.04. The Morgan fingerprint density at radius 1 is 1.03 bits per heavy atom. The summed E-state index contributed by atoms with van der Waals surface area (Å²) in [6, 6.07) is 13.4. The summed E-state index contributed by atoms with van der Waals surface area (Å²) in [7, 11) is 0. The average molecular weight is 410 g/mol. The van der Waals surface area contributed by atoms with Gasteiger partial charge in [0.2, 0.25) is 0 Å². The number of benzene rings is 2. The lowest BCUT2D eigenvalue weighted by molar-refractivity contribution is -0.128. The second-order valence-electron chi connectivity index (χ2n) is 8.09. The first-order valence-corrected chi connectivity index (χ1v) is 10.6. The number of aryl methyl sites for hydroxylation is 2. The summed E-state index contributed by atoms with van der Waals surface area (Å²) in [5.41, 5.74) is 4.12. The molecule has 0 atom stereocenters. The zero-order valence-corrected chi connectivity index (χ0v) is 18.2. The Hall–Kier alpha value is -2.86. The third-order valence-corrected chi connectivity index (χ3v) is 5.50. The smallest absolute Gasteiger partial charge is 0.319 e. The van der Waals surface area contributed by atoms with Gasteiger partial charge >= 0.3 is 6.03 Å². The van der Waals surface area contributed by atoms with Crippen LogP contribution in [0.15, 0.2) is 42.5 Å². The molecule has 0 aromatic heterocycles. The number of amides is 3. The van der Waals surface area contributed by atoms with Crippen molar-refractivity contribution in [2.75, 3.05) is 23.4 Å². The van der Waals surface area contributed by atoms with E-state index in [0.717, 1.165) is 41.8 Å². The SMILES string of the molecule is CCNC(=O)Nc1ccc2c(c1)N(C(=O)COC(C)(C)CC)c1ccccc1CC2. The quantitative estimate of drug-likeness (QED) is 0.720. The van der Waals surface area contributed by atoms with Crippen molar-refractivity contribution in [3.05, 3.63) is 53.6 Å². The van der Waals surface area contributed by atoms with Crippen molar-refractivity contribution in [1.29, 1.82) is 0 Å². The first-order chi connectivity index (χ1) is 14.3. The van der Waals surface area contributed by atoms with Gasteiger partial charge in [-0.25, -0.2) is 4.79 Å². The van der Waals surface area contributed by atoms with E-state index in [4.69, 9.17) is 4.74 Å². The van der Waals surface area contributed by atoms with Crippen molar-refractivity contribution >= 4 is 29.0 Å². The summed E-state index contributed by atoms with van der Waals surface area (Å²) in [5, 5.41) is 5.57. The Bertz CT molecular complexity index is 924. The number of ether oxygens (including phenoxy) is 1. The van der Waals surface area contributed by atoms with Gasteiger partial charge in [-0.15, -0.1) is 0 Å². The lowest BCUT2D eigenvalue weighted by atomic mass is 10.0. The molecule has 30 heavy (non-hydrogen) atoms. The molecule has 2 aromatic carbocycles. The number of carbonyl (C=O) groups excluding carboxylic acids is 2. The van der Waals surface area contributed by atoms with Crippen LogP contribution >= 0.6 is 0 Å². The molecular formula is C24H31N3O3. The molecule has 6 heteroatoms. The van der Waals surface area contributed by atoms with Crippen LogP contribution in [0.4, 0.5) is 21.9 Å². The number of hydrogen-bond donors (Lipinski definition) is 2. The molecule has 3 amide bonds. The fraction of sp³-hybridized carbons (Fsp3) is 0.417. The maximum atomic E-state index is 13.4. The summed E-state index contributed by atoms with van der Waals surface area (Å²) < 4.78 is 5.92. The first kappa shape index (κ1) is 21.8. The Balaban J connectivity index is 1.99. The average Bonchev–Trinajstić information content (AvgIpc) is 2.89. The number of rotatable bonds is 6. The zero-order chi connectivity index (χ0) is 21.7. The van der Waals surface area contributed by atoms with Crippen molar-refractivity contribution in [2.24, 2.45) is 0 Å². The highest BCUT2D eigenvalue weighted by Crippen LogP contribution is 2.37. The van der Waals surface area contributed by atoms with Crippen LogP contribution in [-0.4, -0.2) is 30.7 Å². The summed E-state index contributed by atoms with van der Waals surface area (Å²) in [5.74, 6) is -0.123. The molecule has 1 heterocycles. The summed E-state index contributed by atoms with van der Waals surface area (Å²) in [6.45, 7) is 8.41. The monoisotopic (exact) mass is 409 g/mol. The Morgan fingerprint density at radius 3 is 2.43 bits per heavy atom. The molecule has 6 nitrogen and oxygen atoms in total. The summed E-state index contributed by atoms with van der Waals surface area (Å²) in [6.07, 6.45) is 2.48. The van der Waals surface area contributed by atoms with Crippen LogP contribution in [0.2, 0.25) is 0 Å². The van der Waals surface area contributed by atoms with E-state index < -0.39 is 0 Å². The van der Waals surface area contributed by atoms with E-state index in [2.05, 4.69) is 16.7 Å². The highest BCUT2D eigenvalue weighted by Gasteiger charge is 2.28. The topological polar surface area (TPSA) is 70.7 Å². The standard InChI is InChI=1S/C24H31N3O3/c1-5-24(3,4)30-16-22(28)27-20-10-8-7-9-17(20)11-12-18-13-14-19(15-21(18)27)26-23(29)25-6-2/h7-10,13-15H,5-6,11-12,16H2,1-4H3,(H2,25,26,29). The van der Waals surface area contributed by atoms with Crippen LogP contribution < -0.4 is 15.5 Å². The fourth-order valence-electron chi connectivity index (χ4n) is 3.43. The second-order valence-corrected chi connectivity index (χ2v) is 8.09. The zero-order valence-electron chi connectivity index (χ0n) is 18.2.